The Morgan fingerprint density at radius 1 is 1.42 bits per heavy atom. The van der Waals surface area contributed by atoms with E-state index in [0.717, 1.165) is 18.4 Å². The number of hydrogen-bond acceptors (Lipinski definition) is 3. The minimum absolute atomic E-state index is 0.0196. The number of aromatic nitrogens is 3. The lowest BCUT2D eigenvalue weighted by Gasteiger charge is -2.11. The summed E-state index contributed by atoms with van der Waals surface area (Å²) in [5.41, 5.74) is 1.99. The Morgan fingerprint density at radius 3 is 3.05 bits per heavy atom. The van der Waals surface area contributed by atoms with Crippen LogP contribution in [0, 0.1) is 0 Å². The number of aromatic amines is 2. The first kappa shape index (κ1) is 11.7. The molecule has 1 atom stereocenters. The number of benzene rings is 1. The first-order chi connectivity index (χ1) is 9.24. The smallest absolute Gasteiger partial charge is 0.340 e. The van der Waals surface area contributed by atoms with Crippen molar-refractivity contribution >= 4 is 5.91 Å². The fourth-order valence-corrected chi connectivity index (χ4v) is 2.51. The summed E-state index contributed by atoms with van der Waals surface area (Å²) in [5.74, 6) is 0.320. The number of carbonyl (C=O) groups excluding carboxylic acids is 1. The van der Waals surface area contributed by atoms with Gasteiger partial charge in [0.05, 0.1) is 12.5 Å². The third kappa shape index (κ3) is 2.29. The van der Waals surface area contributed by atoms with E-state index in [1.165, 1.54) is 5.56 Å². The Labute approximate surface area is 109 Å². The number of nitrogens with one attached hydrogen (secondary N) is 3. The molecule has 0 saturated heterocycles. The Morgan fingerprint density at radius 2 is 2.26 bits per heavy atom. The van der Waals surface area contributed by atoms with Crippen LogP contribution in [0.2, 0.25) is 0 Å². The second kappa shape index (κ2) is 4.72. The minimum Gasteiger partial charge on any atom is -0.348 e. The average Bonchev–Trinajstić information content (AvgIpc) is 3.02. The molecule has 0 aliphatic heterocycles. The van der Waals surface area contributed by atoms with Crippen molar-refractivity contribution in [2.24, 2.45) is 0 Å². The van der Waals surface area contributed by atoms with E-state index < -0.39 is 0 Å². The first-order valence-electron chi connectivity index (χ1n) is 6.23. The second-order valence-electron chi connectivity index (χ2n) is 4.63. The largest absolute Gasteiger partial charge is 0.348 e. The van der Waals surface area contributed by atoms with Crippen molar-refractivity contribution in [3.63, 3.8) is 0 Å². The van der Waals surface area contributed by atoms with Crippen molar-refractivity contribution in [1.82, 2.24) is 20.5 Å². The van der Waals surface area contributed by atoms with E-state index in [0.29, 0.717) is 5.82 Å². The highest BCUT2D eigenvalue weighted by molar-refractivity contribution is 5.84. The molecule has 3 N–H and O–H groups in total. The fourth-order valence-electron chi connectivity index (χ4n) is 2.51. The van der Waals surface area contributed by atoms with E-state index in [-0.39, 0.29) is 24.1 Å². The third-order valence-corrected chi connectivity index (χ3v) is 3.43. The van der Waals surface area contributed by atoms with Crippen LogP contribution in [0.4, 0.5) is 0 Å². The van der Waals surface area contributed by atoms with E-state index in [1.54, 1.807) is 0 Å². The van der Waals surface area contributed by atoms with Crippen LogP contribution in [-0.4, -0.2) is 21.1 Å². The maximum absolute atomic E-state index is 12.1. The van der Waals surface area contributed by atoms with E-state index >= 15 is 0 Å². The molecule has 1 aromatic carbocycles. The molecule has 0 bridgehead atoms. The van der Waals surface area contributed by atoms with Crippen molar-refractivity contribution in [3.8, 4) is 0 Å². The predicted octanol–water partition coefficient (Wildman–Crippen LogP) is 0.444. The van der Waals surface area contributed by atoms with Gasteiger partial charge in [-0.05, 0) is 24.0 Å². The number of nitrogens with zero attached hydrogens (tertiary/aromatic N) is 1. The summed E-state index contributed by atoms with van der Waals surface area (Å²) in [6.45, 7) is 0.232. The molecule has 6 nitrogen and oxygen atoms in total. The normalized spacial score (nSPS) is 17.2. The minimum atomic E-state index is -0.365. The van der Waals surface area contributed by atoms with Crippen LogP contribution in [-0.2, 0) is 17.8 Å². The predicted molar refractivity (Wildman–Crippen MR) is 68.6 cm³/mol. The number of aryl methyl sites for hydroxylation is 1. The van der Waals surface area contributed by atoms with E-state index in [1.807, 2.05) is 18.2 Å². The highest BCUT2D eigenvalue weighted by Gasteiger charge is 2.27. The van der Waals surface area contributed by atoms with Crippen molar-refractivity contribution in [2.75, 3.05) is 0 Å². The summed E-state index contributed by atoms with van der Waals surface area (Å²) in [6.07, 6.45) is 1.77. The van der Waals surface area contributed by atoms with Crippen molar-refractivity contribution in [2.45, 2.75) is 25.3 Å². The molecule has 0 radical (unpaired) electrons. The monoisotopic (exact) mass is 258 g/mol. The van der Waals surface area contributed by atoms with Crippen molar-refractivity contribution in [3.05, 3.63) is 51.7 Å². The van der Waals surface area contributed by atoms with Gasteiger partial charge in [0.1, 0.15) is 5.82 Å². The quantitative estimate of drug-likeness (QED) is 0.746. The molecule has 1 amide bonds. The molecule has 2 aromatic rings. The van der Waals surface area contributed by atoms with Gasteiger partial charge in [0, 0.05) is 0 Å². The standard InChI is InChI=1S/C13H14N4O2/c18-12(14-7-11-15-13(19)17-16-11)10-6-5-8-3-1-2-4-9(8)10/h1-4,10H,5-7H2,(H,14,18)(H2,15,16,17,19)/t10-/m0/s1. The summed E-state index contributed by atoms with van der Waals surface area (Å²) >= 11 is 0. The molecule has 1 aliphatic rings. The Kier molecular flexibility index (Phi) is 2.91. The summed E-state index contributed by atoms with van der Waals surface area (Å²) in [6, 6.07) is 8.01. The van der Waals surface area contributed by atoms with Gasteiger partial charge in [0.15, 0.2) is 0 Å². The summed E-state index contributed by atoms with van der Waals surface area (Å²) in [7, 11) is 0. The number of H-pyrrole nitrogens is 2. The number of hydrogen-bond donors (Lipinski definition) is 3. The third-order valence-electron chi connectivity index (χ3n) is 3.43. The van der Waals surface area contributed by atoms with Gasteiger partial charge < -0.3 is 5.32 Å². The lowest BCUT2D eigenvalue weighted by molar-refractivity contribution is -0.122. The summed E-state index contributed by atoms with van der Waals surface area (Å²) in [4.78, 5) is 25.5. The Hall–Kier alpha value is -2.37. The maximum atomic E-state index is 12.1. The SMILES string of the molecule is O=C(NCc1n[nH]c(=O)[nH]1)[C@H]1CCc2ccccc21. The number of carbonyl (C=O) groups is 1. The van der Waals surface area contributed by atoms with Crippen molar-refractivity contribution < 1.29 is 4.79 Å². The van der Waals surface area contributed by atoms with Gasteiger partial charge in [-0.25, -0.2) is 9.89 Å². The molecule has 98 valence electrons. The molecular weight excluding hydrogens is 244 g/mol. The molecular formula is C13H14N4O2. The molecule has 19 heavy (non-hydrogen) atoms. The van der Waals surface area contributed by atoms with Crippen molar-refractivity contribution in [1.29, 1.82) is 0 Å². The van der Waals surface area contributed by atoms with Crippen LogP contribution < -0.4 is 11.0 Å². The highest BCUT2D eigenvalue weighted by atomic mass is 16.2. The van der Waals surface area contributed by atoms with E-state index in [9.17, 15) is 9.59 Å². The topological polar surface area (TPSA) is 90.6 Å². The molecule has 1 heterocycles. The number of fused-ring (bicyclic) bond motifs is 1. The van der Waals surface area contributed by atoms with Crippen LogP contribution >= 0.6 is 0 Å². The molecule has 0 fully saturated rings. The Balaban J connectivity index is 1.67. The second-order valence-corrected chi connectivity index (χ2v) is 4.63. The molecule has 0 spiro atoms. The van der Waals surface area contributed by atoms with Crippen LogP contribution in [0.25, 0.3) is 0 Å². The summed E-state index contributed by atoms with van der Waals surface area (Å²) < 4.78 is 0. The van der Waals surface area contributed by atoms with E-state index in [4.69, 9.17) is 0 Å². The fraction of sp³-hybridized carbons (Fsp3) is 0.308. The molecule has 0 unspecified atom stereocenters. The number of rotatable bonds is 3. The van der Waals surface area contributed by atoms with Gasteiger partial charge in [-0.1, -0.05) is 24.3 Å². The lowest BCUT2D eigenvalue weighted by Crippen LogP contribution is -2.28. The molecule has 1 aliphatic carbocycles. The zero-order valence-electron chi connectivity index (χ0n) is 10.3. The number of amides is 1. The summed E-state index contributed by atoms with van der Waals surface area (Å²) in [5, 5.41) is 8.82. The van der Waals surface area contributed by atoms with E-state index in [2.05, 4.69) is 26.6 Å². The molecule has 0 saturated carbocycles. The zero-order chi connectivity index (χ0) is 13.2. The maximum Gasteiger partial charge on any atom is 0.340 e. The van der Waals surface area contributed by atoms with Gasteiger partial charge in [0.2, 0.25) is 5.91 Å². The highest BCUT2D eigenvalue weighted by Crippen LogP contribution is 2.32. The van der Waals surface area contributed by atoms with Gasteiger partial charge in [-0.3, -0.25) is 9.78 Å². The lowest BCUT2D eigenvalue weighted by atomic mass is 10.0. The van der Waals surface area contributed by atoms with Gasteiger partial charge >= 0.3 is 5.69 Å². The van der Waals surface area contributed by atoms with Gasteiger partial charge in [0.25, 0.3) is 0 Å². The van der Waals surface area contributed by atoms with Crippen LogP contribution in [0.3, 0.4) is 0 Å². The average molecular weight is 258 g/mol. The van der Waals surface area contributed by atoms with Gasteiger partial charge in [-0.2, -0.15) is 5.10 Å². The first-order valence-corrected chi connectivity index (χ1v) is 6.23. The van der Waals surface area contributed by atoms with Crippen LogP contribution in [0.15, 0.2) is 29.1 Å². The van der Waals surface area contributed by atoms with Crippen LogP contribution in [0.1, 0.15) is 29.3 Å². The van der Waals surface area contributed by atoms with Gasteiger partial charge in [-0.15, -0.1) is 0 Å². The van der Waals surface area contributed by atoms with Crippen LogP contribution in [0.5, 0.6) is 0 Å². The molecule has 6 heteroatoms. The zero-order valence-corrected chi connectivity index (χ0v) is 10.3. The molecule has 1 aromatic heterocycles. The molecule has 3 rings (SSSR count). The Bertz CT molecular complexity index is 658.